The van der Waals surface area contributed by atoms with Crippen LogP contribution in [-0.4, -0.2) is 24.2 Å². The Bertz CT molecular complexity index is 365. The van der Waals surface area contributed by atoms with Crippen molar-refractivity contribution in [3.05, 3.63) is 29.8 Å². The standard InChI is InChI=1S/C11H13NO3/c13-11(14)7-12-9-5-6-15-10-4-2-1-3-8(9)10/h1-4,9,12H,5-7H2,(H,13,14). The van der Waals surface area contributed by atoms with Crippen molar-refractivity contribution < 1.29 is 14.6 Å². The van der Waals surface area contributed by atoms with E-state index >= 15 is 0 Å². The molecular weight excluding hydrogens is 194 g/mol. The first-order valence-electron chi connectivity index (χ1n) is 4.94. The Kier molecular flexibility index (Phi) is 2.87. The van der Waals surface area contributed by atoms with Crippen LogP contribution >= 0.6 is 0 Å². The fourth-order valence-electron chi connectivity index (χ4n) is 1.76. The third-order valence-corrected chi connectivity index (χ3v) is 2.46. The molecule has 1 aliphatic rings. The fourth-order valence-corrected chi connectivity index (χ4v) is 1.76. The Morgan fingerprint density at radius 2 is 2.33 bits per heavy atom. The van der Waals surface area contributed by atoms with Gasteiger partial charge in [0.1, 0.15) is 5.75 Å². The zero-order valence-corrected chi connectivity index (χ0v) is 8.27. The normalized spacial score (nSPS) is 19.1. The van der Waals surface area contributed by atoms with Crippen LogP contribution in [0.4, 0.5) is 0 Å². The monoisotopic (exact) mass is 207 g/mol. The lowest BCUT2D eigenvalue weighted by molar-refractivity contribution is -0.136. The van der Waals surface area contributed by atoms with Gasteiger partial charge < -0.3 is 9.84 Å². The molecule has 0 radical (unpaired) electrons. The van der Waals surface area contributed by atoms with Crippen molar-refractivity contribution in [2.45, 2.75) is 12.5 Å². The smallest absolute Gasteiger partial charge is 0.317 e. The first-order chi connectivity index (χ1) is 7.27. The van der Waals surface area contributed by atoms with E-state index in [-0.39, 0.29) is 12.6 Å². The lowest BCUT2D eigenvalue weighted by atomic mass is 10.0. The summed E-state index contributed by atoms with van der Waals surface area (Å²) < 4.78 is 5.47. The maximum Gasteiger partial charge on any atom is 0.317 e. The summed E-state index contributed by atoms with van der Waals surface area (Å²) in [5, 5.41) is 11.6. The van der Waals surface area contributed by atoms with E-state index in [0.29, 0.717) is 6.61 Å². The third-order valence-electron chi connectivity index (χ3n) is 2.46. The Morgan fingerprint density at radius 3 is 3.13 bits per heavy atom. The SMILES string of the molecule is O=C(O)CNC1CCOc2ccccc21. The molecule has 1 unspecified atom stereocenters. The van der Waals surface area contributed by atoms with E-state index in [0.717, 1.165) is 17.7 Å². The van der Waals surface area contributed by atoms with Gasteiger partial charge in [-0.25, -0.2) is 0 Å². The second-order valence-corrected chi connectivity index (χ2v) is 3.50. The molecule has 2 N–H and O–H groups in total. The summed E-state index contributed by atoms with van der Waals surface area (Å²) in [7, 11) is 0. The van der Waals surface area contributed by atoms with Crippen LogP contribution < -0.4 is 10.1 Å². The van der Waals surface area contributed by atoms with Gasteiger partial charge in [0.05, 0.1) is 13.2 Å². The Balaban J connectivity index is 2.11. The van der Waals surface area contributed by atoms with Crippen molar-refractivity contribution in [2.24, 2.45) is 0 Å². The highest BCUT2D eigenvalue weighted by molar-refractivity contribution is 5.69. The van der Waals surface area contributed by atoms with Crippen LogP contribution in [0.1, 0.15) is 18.0 Å². The maximum atomic E-state index is 10.5. The predicted molar refractivity (Wildman–Crippen MR) is 54.9 cm³/mol. The zero-order valence-electron chi connectivity index (χ0n) is 8.27. The number of hydrogen-bond donors (Lipinski definition) is 2. The molecular formula is C11H13NO3. The summed E-state index contributed by atoms with van der Waals surface area (Å²) in [4.78, 5) is 10.5. The number of nitrogens with one attached hydrogen (secondary N) is 1. The van der Waals surface area contributed by atoms with E-state index in [1.165, 1.54) is 0 Å². The number of para-hydroxylation sites is 1. The number of rotatable bonds is 3. The number of carboxylic acids is 1. The average molecular weight is 207 g/mol. The van der Waals surface area contributed by atoms with Gasteiger partial charge in [0.25, 0.3) is 0 Å². The zero-order chi connectivity index (χ0) is 10.7. The number of carboxylic acid groups (broad SMARTS) is 1. The highest BCUT2D eigenvalue weighted by Gasteiger charge is 2.20. The number of ether oxygens (including phenoxy) is 1. The van der Waals surface area contributed by atoms with Crippen LogP contribution in [0, 0.1) is 0 Å². The molecule has 4 heteroatoms. The van der Waals surface area contributed by atoms with Crippen LogP contribution in [0.5, 0.6) is 5.75 Å². The van der Waals surface area contributed by atoms with E-state index in [1.807, 2.05) is 24.3 Å². The minimum absolute atomic E-state index is 0.0149. The lowest BCUT2D eigenvalue weighted by Gasteiger charge is -2.26. The topological polar surface area (TPSA) is 58.6 Å². The molecule has 0 aliphatic carbocycles. The van der Waals surface area contributed by atoms with E-state index in [4.69, 9.17) is 9.84 Å². The largest absolute Gasteiger partial charge is 0.493 e. The second-order valence-electron chi connectivity index (χ2n) is 3.50. The lowest BCUT2D eigenvalue weighted by Crippen LogP contribution is -2.31. The number of fused-ring (bicyclic) bond motifs is 1. The molecule has 0 aromatic heterocycles. The van der Waals surface area contributed by atoms with E-state index < -0.39 is 5.97 Å². The quantitative estimate of drug-likeness (QED) is 0.781. The van der Waals surface area contributed by atoms with Crippen molar-refractivity contribution in [1.29, 1.82) is 0 Å². The highest BCUT2D eigenvalue weighted by Crippen LogP contribution is 2.31. The minimum atomic E-state index is -0.834. The number of carbonyl (C=O) groups is 1. The van der Waals surface area contributed by atoms with Gasteiger partial charge in [-0.15, -0.1) is 0 Å². The molecule has 80 valence electrons. The Hall–Kier alpha value is -1.55. The Labute approximate surface area is 87.9 Å². The summed E-state index contributed by atoms with van der Waals surface area (Å²) >= 11 is 0. The van der Waals surface area contributed by atoms with Crippen molar-refractivity contribution in [3.63, 3.8) is 0 Å². The molecule has 0 bridgehead atoms. The molecule has 0 saturated carbocycles. The number of benzene rings is 1. The molecule has 0 spiro atoms. The molecule has 0 fully saturated rings. The van der Waals surface area contributed by atoms with Crippen molar-refractivity contribution in [1.82, 2.24) is 5.32 Å². The molecule has 1 atom stereocenters. The molecule has 1 heterocycles. The van der Waals surface area contributed by atoms with Crippen LogP contribution in [0.2, 0.25) is 0 Å². The molecule has 0 saturated heterocycles. The first-order valence-corrected chi connectivity index (χ1v) is 4.94. The molecule has 15 heavy (non-hydrogen) atoms. The summed E-state index contributed by atoms with van der Waals surface area (Å²) in [5.74, 6) is 0.0191. The first kappa shape index (κ1) is 9.98. The van der Waals surface area contributed by atoms with Gasteiger partial charge in [-0.2, -0.15) is 0 Å². The van der Waals surface area contributed by atoms with Gasteiger partial charge in [0, 0.05) is 18.0 Å². The van der Waals surface area contributed by atoms with Crippen molar-refractivity contribution in [2.75, 3.05) is 13.2 Å². The molecule has 4 nitrogen and oxygen atoms in total. The molecule has 0 amide bonds. The summed E-state index contributed by atoms with van der Waals surface area (Å²) in [6, 6.07) is 7.81. The summed E-state index contributed by atoms with van der Waals surface area (Å²) in [6.45, 7) is 0.618. The van der Waals surface area contributed by atoms with Crippen LogP contribution in [-0.2, 0) is 4.79 Å². The third kappa shape index (κ3) is 2.27. The van der Waals surface area contributed by atoms with Gasteiger partial charge in [-0.1, -0.05) is 18.2 Å². The van der Waals surface area contributed by atoms with Crippen molar-refractivity contribution >= 4 is 5.97 Å². The number of hydrogen-bond acceptors (Lipinski definition) is 3. The molecule has 1 aromatic rings. The van der Waals surface area contributed by atoms with Gasteiger partial charge in [0.2, 0.25) is 0 Å². The van der Waals surface area contributed by atoms with Crippen LogP contribution in [0.3, 0.4) is 0 Å². The van der Waals surface area contributed by atoms with Gasteiger partial charge in [0.15, 0.2) is 0 Å². The number of aliphatic carboxylic acids is 1. The molecule has 1 aromatic carbocycles. The Morgan fingerprint density at radius 1 is 1.53 bits per heavy atom. The predicted octanol–water partition coefficient (Wildman–Crippen LogP) is 1.18. The molecule has 2 rings (SSSR count). The van der Waals surface area contributed by atoms with Crippen LogP contribution in [0.15, 0.2) is 24.3 Å². The average Bonchev–Trinajstić information content (AvgIpc) is 2.26. The maximum absolute atomic E-state index is 10.5. The van der Waals surface area contributed by atoms with E-state index in [2.05, 4.69) is 5.32 Å². The summed E-state index contributed by atoms with van der Waals surface area (Å²) in [5.41, 5.74) is 1.05. The summed E-state index contributed by atoms with van der Waals surface area (Å²) in [6.07, 6.45) is 0.810. The van der Waals surface area contributed by atoms with Gasteiger partial charge >= 0.3 is 5.97 Å². The minimum Gasteiger partial charge on any atom is -0.493 e. The fraction of sp³-hybridized carbons (Fsp3) is 0.364. The van der Waals surface area contributed by atoms with E-state index in [9.17, 15) is 4.79 Å². The van der Waals surface area contributed by atoms with Gasteiger partial charge in [-0.3, -0.25) is 10.1 Å². The van der Waals surface area contributed by atoms with E-state index in [1.54, 1.807) is 0 Å². The molecule has 1 aliphatic heterocycles. The second kappa shape index (κ2) is 4.31. The van der Waals surface area contributed by atoms with Gasteiger partial charge in [-0.05, 0) is 6.07 Å². The van der Waals surface area contributed by atoms with Crippen LogP contribution in [0.25, 0.3) is 0 Å². The van der Waals surface area contributed by atoms with Crippen molar-refractivity contribution in [3.8, 4) is 5.75 Å². The highest BCUT2D eigenvalue weighted by atomic mass is 16.5.